The van der Waals surface area contributed by atoms with Crippen molar-refractivity contribution in [3.05, 3.63) is 203 Å². The number of aryl methyl sites for hydroxylation is 4. The Bertz CT molecular complexity index is 3230. The number of benzene rings is 9. The van der Waals surface area contributed by atoms with E-state index in [1.165, 1.54) is 99.7 Å². The lowest BCUT2D eigenvalue weighted by Crippen LogP contribution is -2.63. The molecule has 10 rings (SSSR count). The number of hydrogen-bond donors (Lipinski definition) is 0. The molecule has 0 aromatic heterocycles. The molecule has 0 radical (unpaired) electrons. The molecule has 312 valence electrons. The molecule has 0 spiro atoms. The maximum Gasteiger partial charge on any atom is 0.0579 e. The van der Waals surface area contributed by atoms with Crippen molar-refractivity contribution in [3.8, 4) is 11.1 Å². The van der Waals surface area contributed by atoms with Crippen molar-refractivity contribution >= 4 is 82.6 Å². The van der Waals surface area contributed by atoms with E-state index in [1.54, 1.807) is 5.56 Å². The Kier molecular flexibility index (Phi) is 9.70. The van der Waals surface area contributed by atoms with Crippen LogP contribution in [0.25, 0.3) is 43.4 Å². The van der Waals surface area contributed by atoms with Crippen LogP contribution in [0.5, 0.6) is 0 Å². The topological polar surface area (TPSA) is 6.48 Å². The minimum Gasteiger partial charge on any atom is -0.310 e. The molecule has 9 aromatic carbocycles. The second-order valence-electron chi connectivity index (χ2n) is 20.0. The molecule has 63 heavy (non-hydrogen) atoms. The first-order chi connectivity index (χ1) is 30.2. The largest absolute Gasteiger partial charge is 0.310 e. The van der Waals surface area contributed by atoms with Crippen LogP contribution >= 0.6 is 0 Å². The van der Waals surface area contributed by atoms with E-state index in [-0.39, 0.29) is 4.66 Å². The van der Waals surface area contributed by atoms with Crippen LogP contribution in [0, 0.1) is 27.7 Å². The van der Waals surface area contributed by atoms with Crippen LogP contribution in [0.1, 0.15) is 33.4 Å². The number of anilines is 6. The van der Waals surface area contributed by atoms with E-state index >= 15 is 0 Å². The average molecular weight is 851 g/mol. The normalized spacial score (nSPS) is 13.4. The monoisotopic (exact) mass is 850 g/mol. The molecule has 0 fully saturated rings. The van der Waals surface area contributed by atoms with Gasteiger partial charge in [0.15, 0.2) is 0 Å². The van der Waals surface area contributed by atoms with Crippen LogP contribution < -0.4 is 9.80 Å². The summed E-state index contributed by atoms with van der Waals surface area (Å²) < 4.78 is -0.133. The second kappa shape index (κ2) is 15.0. The predicted molar refractivity (Wildman–Crippen MR) is 280 cm³/mol. The molecule has 0 atom stereocenters. The van der Waals surface area contributed by atoms with E-state index in [0.717, 1.165) is 5.69 Å². The lowest BCUT2D eigenvalue weighted by Gasteiger charge is -2.52. The minimum absolute atomic E-state index is 0.133. The Morgan fingerprint density at radius 1 is 0.333 bits per heavy atom. The van der Waals surface area contributed by atoms with Gasteiger partial charge in [0.1, 0.15) is 0 Å². The molecule has 9 aromatic rings. The molecular formula is C59H58N2Si2. The van der Waals surface area contributed by atoms with Crippen LogP contribution in [0.15, 0.2) is 170 Å². The van der Waals surface area contributed by atoms with Crippen LogP contribution in [-0.4, -0.2) is 16.1 Å². The Morgan fingerprint density at radius 2 is 0.778 bits per heavy atom. The summed E-state index contributed by atoms with van der Waals surface area (Å²) in [4.78, 5) is 4.97. The lowest BCUT2D eigenvalue weighted by molar-refractivity contribution is 0.963. The highest BCUT2D eigenvalue weighted by molar-refractivity contribution is 7.00. The zero-order chi connectivity index (χ0) is 44.0. The van der Waals surface area contributed by atoms with E-state index < -0.39 is 16.1 Å². The molecule has 0 bridgehead atoms. The summed E-state index contributed by atoms with van der Waals surface area (Å²) in [5.74, 6) is 0. The predicted octanol–water partition coefficient (Wildman–Crippen LogP) is 17.3. The summed E-state index contributed by atoms with van der Waals surface area (Å²) in [6, 6.07) is 64.4. The van der Waals surface area contributed by atoms with E-state index in [1.807, 2.05) is 0 Å². The molecule has 2 nitrogen and oxygen atoms in total. The number of rotatable bonds is 8. The van der Waals surface area contributed by atoms with Gasteiger partial charge in [-0.3, -0.25) is 0 Å². The summed E-state index contributed by atoms with van der Waals surface area (Å²) in [6.07, 6.45) is 0. The molecule has 4 heteroatoms. The first kappa shape index (κ1) is 40.8. The molecular weight excluding hydrogens is 793 g/mol. The Hall–Kier alpha value is -6.21. The maximum absolute atomic E-state index is 2.67. The van der Waals surface area contributed by atoms with Crippen molar-refractivity contribution in [2.24, 2.45) is 0 Å². The van der Waals surface area contributed by atoms with Crippen molar-refractivity contribution in [1.82, 2.24) is 0 Å². The molecule has 0 saturated heterocycles. The highest BCUT2D eigenvalue weighted by Gasteiger charge is 2.60. The fraction of sp³-hybridized carbons (Fsp3) is 0.186. The molecule has 0 heterocycles. The van der Waals surface area contributed by atoms with Crippen molar-refractivity contribution in [2.75, 3.05) is 9.80 Å². The molecule has 0 saturated carbocycles. The van der Waals surface area contributed by atoms with Gasteiger partial charge < -0.3 is 9.80 Å². The standard InChI is InChI=1S/C59H58N2Si2/c1-39-29-31-45(35-41(39)3)60(43-21-13-11-14-22-43)47-33-34-52-53(37-47)48-25-17-19-27-50(48)57-56-51-28-20-18-26-49(51)55(38-54(56)59(58(52)57,62(5,6)7)63(8,9)10)61(44-23-15-12-16-24-44)46-32-30-40(2)42(4)36-46/h11-38H,1-10H3. The highest BCUT2D eigenvalue weighted by atomic mass is 28.4. The molecule has 1 aliphatic rings. The van der Waals surface area contributed by atoms with Gasteiger partial charge in [-0.25, -0.2) is 0 Å². The zero-order valence-electron chi connectivity index (χ0n) is 38.6. The third-order valence-corrected chi connectivity index (χ3v) is 24.4. The fourth-order valence-corrected chi connectivity index (χ4v) is 24.7. The SMILES string of the molecule is Cc1ccc(N(c2ccccc2)c2ccc3c4c(c5ccccc5c3c2)-c2c(cc(N(c3ccccc3)c3ccc(C)c(C)c3)c3ccccc23)C4([Si](C)(C)C)[Si](C)(C)C)cc1C. The lowest BCUT2D eigenvalue weighted by atomic mass is 9.89. The van der Waals surface area contributed by atoms with Crippen molar-refractivity contribution in [2.45, 2.75) is 71.6 Å². The van der Waals surface area contributed by atoms with E-state index in [4.69, 9.17) is 0 Å². The minimum atomic E-state index is -2.16. The smallest absolute Gasteiger partial charge is 0.0579 e. The Balaban J connectivity index is 1.35. The van der Waals surface area contributed by atoms with Crippen LogP contribution in [-0.2, 0) is 4.66 Å². The van der Waals surface area contributed by atoms with E-state index in [9.17, 15) is 0 Å². The van der Waals surface area contributed by atoms with Crippen molar-refractivity contribution in [3.63, 3.8) is 0 Å². The average Bonchev–Trinajstić information content (AvgIpc) is 3.61. The molecule has 1 aliphatic carbocycles. The van der Waals surface area contributed by atoms with Gasteiger partial charge in [-0.1, -0.05) is 142 Å². The molecule has 0 N–H and O–H groups in total. The van der Waals surface area contributed by atoms with E-state index in [2.05, 4.69) is 247 Å². The highest BCUT2D eigenvalue weighted by Crippen LogP contribution is 2.64. The van der Waals surface area contributed by atoms with Gasteiger partial charge in [-0.15, -0.1) is 0 Å². The second-order valence-corrected chi connectivity index (χ2v) is 31.0. The number of hydrogen-bond acceptors (Lipinski definition) is 2. The third kappa shape index (κ3) is 6.24. The van der Waals surface area contributed by atoms with Gasteiger partial charge >= 0.3 is 0 Å². The number of nitrogens with zero attached hydrogens (tertiary/aromatic N) is 2. The maximum atomic E-state index is 2.67. The molecule has 0 aliphatic heterocycles. The van der Waals surface area contributed by atoms with Crippen LogP contribution in [0.2, 0.25) is 39.3 Å². The van der Waals surface area contributed by atoms with Crippen molar-refractivity contribution in [1.29, 1.82) is 0 Å². The Morgan fingerprint density at radius 3 is 1.32 bits per heavy atom. The summed E-state index contributed by atoms with van der Waals surface area (Å²) in [6.45, 7) is 24.8. The quantitative estimate of drug-likeness (QED) is 0.111. The van der Waals surface area contributed by atoms with Gasteiger partial charge in [0, 0.05) is 38.5 Å². The third-order valence-electron chi connectivity index (χ3n) is 14.3. The summed E-state index contributed by atoms with van der Waals surface area (Å²) in [5.41, 5.74) is 18.3. The van der Waals surface area contributed by atoms with Gasteiger partial charge in [0.05, 0.1) is 21.8 Å². The fourth-order valence-electron chi connectivity index (χ4n) is 11.6. The number of para-hydroxylation sites is 2. The summed E-state index contributed by atoms with van der Waals surface area (Å²) in [5, 5.41) is 7.98. The summed E-state index contributed by atoms with van der Waals surface area (Å²) in [7, 11) is -4.31. The first-order valence-electron chi connectivity index (χ1n) is 22.6. The first-order valence-corrected chi connectivity index (χ1v) is 29.6. The molecule has 0 amide bonds. The van der Waals surface area contributed by atoms with Gasteiger partial charge in [0.25, 0.3) is 0 Å². The van der Waals surface area contributed by atoms with Crippen LogP contribution in [0.4, 0.5) is 34.1 Å². The summed E-state index contributed by atoms with van der Waals surface area (Å²) >= 11 is 0. The van der Waals surface area contributed by atoms with Gasteiger partial charge in [-0.2, -0.15) is 0 Å². The number of fused-ring (bicyclic) bond motifs is 10. The zero-order valence-corrected chi connectivity index (χ0v) is 40.6. The van der Waals surface area contributed by atoms with Crippen LogP contribution in [0.3, 0.4) is 0 Å². The van der Waals surface area contributed by atoms with Crippen molar-refractivity contribution < 1.29 is 0 Å². The van der Waals surface area contributed by atoms with Gasteiger partial charge in [0.2, 0.25) is 0 Å². The Labute approximate surface area is 376 Å². The molecule has 0 unspecified atom stereocenters. The van der Waals surface area contributed by atoms with Gasteiger partial charge in [-0.05, 0) is 166 Å². The van der Waals surface area contributed by atoms with E-state index in [0.29, 0.717) is 0 Å².